The van der Waals surface area contributed by atoms with Gasteiger partial charge in [0.2, 0.25) is 21.7 Å². The first-order valence-corrected chi connectivity index (χ1v) is 16.3. The first kappa shape index (κ1) is 26.3. The molecule has 1 unspecified atom stereocenters. The highest BCUT2D eigenvalue weighted by atomic mass is 32.2. The topological polar surface area (TPSA) is 126 Å². The van der Waals surface area contributed by atoms with Crippen LogP contribution in [-0.4, -0.2) is 79.7 Å². The van der Waals surface area contributed by atoms with E-state index in [4.69, 9.17) is 4.98 Å². The van der Waals surface area contributed by atoms with Crippen molar-refractivity contribution in [2.24, 2.45) is 5.41 Å². The molecule has 2 saturated heterocycles. The molecule has 3 aliphatic heterocycles. The highest BCUT2D eigenvalue weighted by molar-refractivity contribution is 7.88. The zero-order valence-corrected chi connectivity index (χ0v) is 23.2. The van der Waals surface area contributed by atoms with Crippen LogP contribution in [-0.2, 0) is 32.0 Å². The van der Waals surface area contributed by atoms with E-state index in [1.54, 1.807) is 4.90 Å². The van der Waals surface area contributed by atoms with E-state index in [1.165, 1.54) is 11.8 Å². The largest absolute Gasteiger partial charge is 0.347 e. The van der Waals surface area contributed by atoms with Crippen molar-refractivity contribution in [3.8, 4) is 0 Å². The number of sulfonamides is 1. The summed E-state index contributed by atoms with van der Waals surface area (Å²) in [6, 6.07) is 0.0806. The number of nitrogens with zero attached hydrogens (tertiary/aromatic N) is 3. The van der Waals surface area contributed by atoms with Gasteiger partial charge in [-0.15, -0.1) is 4.98 Å². The Balaban J connectivity index is 1.37. The van der Waals surface area contributed by atoms with Crippen LogP contribution in [0.15, 0.2) is 28.7 Å². The molecule has 4 heterocycles. The van der Waals surface area contributed by atoms with Crippen LogP contribution in [0.25, 0.3) is 0 Å². The minimum atomic E-state index is -3.30. The molecule has 1 amide bonds. The molecule has 2 fully saturated rings. The van der Waals surface area contributed by atoms with E-state index >= 15 is 0 Å². The Kier molecular flexibility index (Phi) is 7.43. The second kappa shape index (κ2) is 10.5. The lowest BCUT2D eigenvalue weighted by Crippen LogP contribution is -2.49. The third kappa shape index (κ3) is 5.75. The summed E-state index contributed by atoms with van der Waals surface area (Å²) in [5, 5.41) is 3.54. The molecule has 1 aliphatic carbocycles. The highest BCUT2D eigenvalue weighted by Crippen LogP contribution is 2.41. The van der Waals surface area contributed by atoms with Crippen molar-refractivity contribution >= 4 is 38.5 Å². The Morgan fingerprint density at radius 1 is 1.24 bits per heavy atom. The lowest BCUT2D eigenvalue weighted by atomic mass is 9.71. The number of allylic oxidation sites excluding steroid dienone is 3. The number of fused-ring (bicyclic) bond motifs is 1. The van der Waals surface area contributed by atoms with Gasteiger partial charge in [0.25, 0.3) is 0 Å². The summed E-state index contributed by atoms with van der Waals surface area (Å²) >= 11 is 0. The monoisotopic (exact) mass is 549 g/mol. The van der Waals surface area contributed by atoms with Gasteiger partial charge in [-0.3, -0.25) is 13.9 Å². The van der Waals surface area contributed by atoms with Gasteiger partial charge in [0.1, 0.15) is 10.6 Å². The first-order chi connectivity index (χ1) is 17.6. The molecule has 1 aromatic rings. The summed E-state index contributed by atoms with van der Waals surface area (Å²) in [7, 11) is -2.59. The summed E-state index contributed by atoms with van der Waals surface area (Å²) in [4.78, 5) is 25.0. The van der Waals surface area contributed by atoms with Gasteiger partial charge in [-0.25, -0.2) is 18.1 Å². The molecule has 202 valence electrons. The number of likely N-dealkylation sites (N-methyl/N-ethyl adjacent to an activating group) is 1. The maximum atomic E-state index is 12.8. The van der Waals surface area contributed by atoms with Crippen molar-refractivity contribution < 1.29 is 22.4 Å². The molecule has 5 rings (SSSR count). The average molecular weight is 550 g/mol. The predicted octanol–water partition coefficient (Wildman–Crippen LogP) is 1.00. The maximum Gasteiger partial charge on any atom is 0.347 e. The molecule has 10 nitrogen and oxygen atoms in total. The average Bonchev–Trinajstić information content (AvgIpc) is 3.26. The zero-order valence-electron chi connectivity index (χ0n) is 21.6. The number of likely N-dealkylation sites (tertiary alicyclic amines) is 1. The Morgan fingerprint density at radius 2 is 2.03 bits per heavy atom. The van der Waals surface area contributed by atoms with E-state index in [1.807, 2.05) is 7.05 Å². The fourth-order valence-corrected chi connectivity index (χ4v) is 7.67. The molecule has 3 N–H and O–H groups in total. The normalized spacial score (nSPS) is 25.7. The second-order valence-corrected chi connectivity index (χ2v) is 14.0. The number of rotatable bonds is 7. The number of carbonyl (C=O) groups is 1. The van der Waals surface area contributed by atoms with Gasteiger partial charge in [0.15, 0.2) is 0 Å². The number of hydrogen-bond donors (Lipinski definition) is 2. The number of carbonyl (C=O) groups excluding carboxylic acids is 1. The quantitative estimate of drug-likeness (QED) is 0.520. The molecule has 0 radical (unpaired) electrons. The summed E-state index contributed by atoms with van der Waals surface area (Å²) in [5.74, 6) is 2.21. The molecule has 4 aliphatic rings. The molecule has 0 saturated carbocycles. The van der Waals surface area contributed by atoms with Crippen LogP contribution in [0.1, 0.15) is 44.2 Å². The number of nitrogens with one attached hydrogen (secondary N) is 3. The predicted molar refractivity (Wildman–Crippen MR) is 143 cm³/mol. The summed E-state index contributed by atoms with van der Waals surface area (Å²) in [5.41, 5.74) is 1.83. The van der Waals surface area contributed by atoms with Gasteiger partial charge in [-0.2, -0.15) is 0 Å². The maximum absolute atomic E-state index is 12.8. The minimum absolute atomic E-state index is 0.0806. The van der Waals surface area contributed by atoms with Crippen LogP contribution in [0.4, 0.5) is 11.8 Å². The van der Waals surface area contributed by atoms with Gasteiger partial charge in [0.05, 0.1) is 42.7 Å². The lowest BCUT2D eigenvalue weighted by molar-refractivity contribution is -0.355. The van der Waals surface area contributed by atoms with Crippen LogP contribution < -0.4 is 19.9 Å². The molecule has 0 aromatic carbocycles. The van der Waals surface area contributed by atoms with Gasteiger partial charge < -0.3 is 10.2 Å². The van der Waals surface area contributed by atoms with E-state index in [-0.39, 0.29) is 17.4 Å². The van der Waals surface area contributed by atoms with Crippen LogP contribution in [0, 0.1) is 5.41 Å². The van der Waals surface area contributed by atoms with E-state index in [9.17, 15) is 17.4 Å². The number of hydrogen-bond acceptors (Lipinski definition) is 7. The van der Waals surface area contributed by atoms with Gasteiger partial charge in [-0.1, -0.05) is 18.2 Å². The molecule has 2 atom stereocenters. The van der Waals surface area contributed by atoms with Crippen molar-refractivity contribution in [1.29, 1.82) is 0 Å². The van der Waals surface area contributed by atoms with Crippen LogP contribution in [0.2, 0.25) is 0 Å². The second-order valence-electron chi connectivity index (χ2n) is 10.7. The van der Waals surface area contributed by atoms with Crippen molar-refractivity contribution in [3.05, 3.63) is 29.5 Å². The van der Waals surface area contributed by atoms with E-state index in [0.717, 1.165) is 67.5 Å². The first-order valence-electron chi connectivity index (χ1n) is 13.1. The highest BCUT2D eigenvalue weighted by Gasteiger charge is 2.41. The van der Waals surface area contributed by atoms with Crippen molar-refractivity contribution in [3.63, 3.8) is 0 Å². The molecule has 1 aromatic heterocycles. The molecular formula is C25H37N6O4S2+. The van der Waals surface area contributed by atoms with Crippen LogP contribution in [0.5, 0.6) is 0 Å². The fourth-order valence-electron chi connectivity index (χ4n) is 5.80. The summed E-state index contributed by atoms with van der Waals surface area (Å²) < 4.78 is 39.4. The van der Waals surface area contributed by atoms with Gasteiger partial charge in [0, 0.05) is 37.6 Å². The fraction of sp³-hybridized carbons (Fsp3) is 0.640. The Labute approximate surface area is 221 Å². The standard InChI is InChI=1S/C25H36N6O4S2/c1-30-16-19(8-9-21(30)32)27-23-22-20(10-15-36(22)33)28-24(29-23)31-13-11-25(12-14-31,17-26-37(2,34)35)18-6-4-3-5-7-18/h4,6-7,19,26H,3,5,8-17H2,1-2H3,(H,27,28,29)/p+1/t19-,36?/m0/s1. The van der Waals surface area contributed by atoms with Crippen molar-refractivity contribution in [2.45, 2.75) is 55.9 Å². The lowest BCUT2D eigenvalue weighted by Gasteiger charge is -2.41. The van der Waals surface area contributed by atoms with E-state index in [0.29, 0.717) is 31.7 Å². The Morgan fingerprint density at radius 3 is 2.70 bits per heavy atom. The van der Waals surface area contributed by atoms with E-state index < -0.39 is 20.8 Å². The molecule has 0 spiro atoms. The number of amides is 1. The summed E-state index contributed by atoms with van der Waals surface area (Å²) in [6.07, 6.45) is 13.3. The molecular weight excluding hydrogens is 512 g/mol. The number of aromatic amines is 1. The van der Waals surface area contributed by atoms with Crippen LogP contribution in [0.3, 0.4) is 0 Å². The minimum Gasteiger partial charge on any atom is -0.343 e. The number of H-pyrrole nitrogens is 1. The Hall–Kier alpha value is -2.31. The SMILES string of the molecule is CN1C[C@@H](Nc2[nH+]c(N3CCC(CNS(C)(=O)=O)(C4=CCCC=C4)CC3)nc3c2S(=O)CC3)CCC1=O. The summed E-state index contributed by atoms with van der Waals surface area (Å²) in [6.45, 7) is 2.44. The van der Waals surface area contributed by atoms with Gasteiger partial charge in [-0.05, 0) is 37.7 Å². The number of anilines is 2. The van der Waals surface area contributed by atoms with E-state index in [2.05, 4.69) is 38.2 Å². The molecule has 37 heavy (non-hydrogen) atoms. The van der Waals surface area contributed by atoms with Crippen molar-refractivity contribution in [2.75, 3.05) is 55.5 Å². The van der Waals surface area contributed by atoms with Crippen molar-refractivity contribution in [1.82, 2.24) is 14.6 Å². The molecule has 12 heteroatoms. The van der Waals surface area contributed by atoms with Gasteiger partial charge >= 0.3 is 5.95 Å². The number of aromatic nitrogens is 2. The number of aryl methyl sites for hydroxylation is 1. The third-order valence-electron chi connectivity index (χ3n) is 7.99. The third-order valence-corrected chi connectivity index (χ3v) is 10.1. The van der Waals surface area contributed by atoms with Crippen LogP contribution >= 0.6 is 0 Å². The zero-order chi connectivity index (χ0) is 26.2. The molecule has 0 bridgehead atoms. The Bertz CT molecular complexity index is 1250. The smallest absolute Gasteiger partial charge is 0.343 e. The number of piperidine rings is 2.